The van der Waals surface area contributed by atoms with E-state index < -0.39 is 5.97 Å². The molecule has 0 aliphatic carbocycles. The fraction of sp³-hybridized carbons (Fsp3) is 0.889. The smallest absolute Gasteiger partial charge is 0.322 e. The number of thioether (sulfide) groups is 1. The molecule has 80 valence electrons. The summed E-state index contributed by atoms with van der Waals surface area (Å²) in [5.41, 5.74) is 0. The molecule has 2 fully saturated rings. The molecule has 2 unspecified atom stereocenters. The minimum absolute atomic E-state index is 0.366. The molecule has 0 saturated carbocycles. The van der Waals surface area contributed by atoms with E-state index in [0.29, 0.717) is 12.6 Å². The third-order valence-electron chi connectivity index (χ3n) is 2.93. The van der Waals surface area contributed by atoms with Crippen LogP contribution in [0.3, 0.4) is 0 Å². The lowest BCUT2D eigenvalue weighted by molar-refractivity contribution is -0.140. The number of hydrogen-bond donors (Lipinski definition) is 2. The number of nitrogens with zero attached hydrogens (tertiary/aromatic N) is 1. The molecular formula is C9H16N2O2S. The lowest BCUT2D eigenvalue weighted by Crippen LogP contribution is -2.56. The molecule has 2 N–H and O–H groups in total. The van der Waals surface area contributed by atoms with Crippen molar-refractivity contribution in [2.75, 3.05) is 31.1 Å². The Bertz CT molecular complexity index is 219. The zero-order valence-electron chi connectivity index (χ0n) is 8.11. The summed E-state index contributed by atoms with van der Waals surface area (Å²) in [6, 6.07) is 0.248. The van der Waals surface area contributed by atoms with E-state index >= 15 is 0 Å². The van der Waals surface area contributed by atoms with Gasteiger partial charge in [0.05, 0.1) is 0 Å². The molecular weight excluding hydrogens is 200 g/mol. The Morgan fingerprint density at radius 1 is 1.57 bits per heavy atom. The topological polar surface area (TPSA) is 52.6 Å². The zero-order valence-corrected chi connectivity index (χ0v) is 8.92. The summed E-state index contributed by atoms with van der Waals surface area (Å²) in [5.74, 6) is 1.68. The predicted molar refractivity (Wildman–Crippen MR) is 56.7 cm³/mol. The summed E-state index contributed by atoms with van der Waals surface area (Å²) < 4.78 is 0. The third-order valence-corrected chi connectivity index (χ3v) is 4.07. The van der Waals surface area contributed by atoms with Gasteiger partial charge in [-0.3, -0.25) is 9.69 Å². The molecule has 2 aliphatic rings. The lowest BCUT2D eigenvalue weighted by atomic mass is 10.1. The second-order valence-electron chi connectivity index (χ2n) is 3.86. The Labute approximate surface area is 88.0 Å². The fourth-order valence-electron chi connectivity index (χ4n) is 2.08. The van der Waals surface area contributed by atoms with Crippen molar-refractivity contribution < 1.29 is 9.90 Å². The number of nitrogens with one attached hydrogen (secondary N) is 1. The first-order chi connectivity index (χ1) is 6.77. The highest BCUT2D eigenvalue weighted by Crippen LogP contribution is 2.22. The maximum absolute atomic E-state index is 10.8. The monoisotopic (exact) mass is 216 g/mol. The second-order valence-corrected chi connectivity index (χ2v) is 5.01. The molecule has 2 heterocycles. The van der Waals surface area contributed by atoms with E-state index in [1.54, 1.807) is 0 Å². The fourth-order valence-corrected chi connectivity index (χ4v) is 3.33. The van der Waals surface area contributed by atoms with E-state index in [2.05, 4.69) is 10.2 Å². The molecule has 5 heteroatoms. The van der Waals surface area contributed by atoms with Gasteiger partial charge < -0.3 is 10.4 Å². The van der Waals surface area contributed by atoms with Gasteiger partial charge in [-0.05, 0) is 12.2 Å². The summed E-state index contributed by atoms with van der Waals surface area (Å²) in [4.78, 5) is 13.1. The first kappa shape index (κ1) is 10.3. The second kappa shape index (κ2) is 4.51. The van der Waals surface area contributed by atoms with E-state index in [9.17, 15) is 4.79 Å². The van der Waals surface area contributed by atoms with Crippen LogP contribution in [-0.4, -0.2) is 59.2 Å². The van der Waals surface area contributed by atoms with Gasteiger partial charge in [0.1, 0.15) is 6.04 Å². The van der Waals surface area contributed by atoms with Gasteiger partial charge in [0.25, 0.3) is 0 Å². The zero-order chi connectivity index (χ0) is 9.97. The summed E-state index contributed by atoms with van der Waals surface area (Å²) in [7, 11) is 0. The van der Waals surface area contributed by atoms with Crippen LogP contribution in [0.15, 0.2) is 0 Å². The van der Waals surface area contributed by atoms with E-state index in [4.69, 9.17) is 5.11 Å². The van der Waals surface area contributed by atoms with Gasteiger partial charge in [-0.2, -0.15) is 11.8 Å². The predicted octanol–water partition coefficient (Wildman–Crippen LogP) is -0.150. The maximum atomic E-state index is 10.8. The Kier molecular flexibility index (Phi) is 3.30. The van der Waals surface area contributed by atoms with Crippen molar-refractivity contribution in [3.05, 3.63) is 0 Å². The first-order valence-electron chi connectivity index (χ1n) is 5.05. The Balaban J connectivity index is 1.89. The normalized spacial score (nSPS) is 34.6. The molecule has 0 bridgehead atoms. The summed E-state index contributed by atoms with van der Waals surface area (Å²) in [6.07, 6.45) is 1.22. The molecule has 0 aromatic carbocycles. The third kappa shape index (κ3) is 2.21. The van der Waals surface area contributed by atoms with Crippen LogP contribution in [0.25, 0.3) is 0 Å². The molecule has 2 aliphatic heterocycles. The van der Waals surface area contributed by atoms with E-state index in [1.165, 1.54) is 17.9 Å². The highest BCUT2D eigenvalue weighted by atomic mass is 32.2. The van der Waals surface area contributed by atoms with Gasteiger partial charge in [0.2, 0.25) is 0 Å². The van der Waals surface area contributed by atoms with Crippen LogP contribution < -0.4 is 5.32 Å². The van der Waals surface area contributed by atoms with Crippen LogP contribution in [-0.2, 0) is 4.79 Å². The summed E-state index contributed by atoms with van der Waals surface area (Å²) in [5, 5.41) is 11.9. The van der Waals surface area contributed by atoms with Crippen LogP contribution in [0.5, 0.6) is 0 Å². The van der Waals surface area contributed by atoms with Gasteiger partial charge in [0.15, 0.2) is 0 Å². The molecule has 2 rings (SSSR count). The van der Waals surface area contributed by atoms with E-state index in [0.717, 1.165) is 13.1 Å². The van der Waals surface area contributed by atoms with Crippen LogP contribution in [0, 0.1) is 0 Å². The minimum atomic E-state index is -0.722. The van der Waals surface area contributed by atoms with Crippen LogP contribution in [0.1, 0.15) is 6.42 Å². The van der Waals surface area contributed by atoms with Crippen molar-refractivity contribution in [1.29, 1.82) is 0 Å². The lowest BCUT2D eigenvalue weighted by Gasteiger charge is -2.35. The highest BCUT2D eigenvalue weighted by Gasteiger charge is 2.30. The van der Waals surface area contributed by atoms with Crippen molar-refractivity contribution in [1.82, 2.24) is 10.2 Å². The highest BCUT2D eigenvalue weighted by molar-refractivity contribution is 7.99. The van der Waals surface area contributed by atoms with E-state index in [1.807, 2.05) is 11.8 Å². The van der Waals surface area contributed by atoms with Gasteiger partial charge >= 0.3 is 5.97 Å². The van der Waals surface area contributed by atoms with Gasteiger partial charge in [-0.25, -0.2) is 0 Å². The quantitative estimate of drug-likeness (QED) is 0.672. The van der Waals surface area contributed by atoms with Gasteiger partial charge in [-0.15, -0.1) is 0 Å². The summed E-state index contributed by atoms with van der Waals surface area (Å²) >= 11 is 1.98. The van der Waals surface area contributed by atoms with Crippen LogP contribution in [0.4, 0.5) is 0 Å². The minimum Gasteiger partial charge on any atom is -0.480 e. The SMILES string of the molecule is O=C(O)C1CN(C2CCSC2)CCN1. The van der Waals surface area contributed by atoms with Crippen LogP contribution >= 0.6 is 11.8 Å². The van der Waals surface area contributed by atoms with Crippen molar-refractivity contribution in [3.8, 4) is 0 Å². The number of hydrogen-bond acceptors (Lipinski definition) is 4. The number of carbonyl (C=O) groups is 1. The van der Waals surface area contributed by atoms with Crippen molar-refractivity contribution in [2.45, 2.75) is 18.5 Å². The van der Waals surface area contributed by atoms with Gasteiger partial charge in [0, 0.05) is 31.4 Å². The molecule has 0 aromatic heterocycles. The van der Waals surface area contributed by atoms with Crippen molar-refractivity contribution >= 4 is 17.7 Å². The standard InChI is InChI=1S/C9H16N2O2S/c12-9(13)8-5-11(3-2-10-8)7-1-4-14-6-7/h7-8,10H,1-6H2,(H,12,13). The number of rotatable bonds is 2. The number of carboxylic acids is 1. The maximum Gasteiger partial charge on any atom is 0.322 e. The molecule has 2 atom stereocenters. The number of piperazine rings is 1. The van der Waals surface area contributed by atoms with Crippen molar-refractivity contribution in [3.63, 3.8) is 0 Å². The molecule has 4 nitrogen and oxygen atoms in total. The molecule has 2 saturated heterocycles. The Morgan fingerprint density at radius 3 is 3.07 bits per heavy atom. The van der Waals surface area contributed by atoms with Crippen molar-refractivity contribution in [2.24, 2.45) is 0 Å². The molecule has 14 heavy (non-hydrogen) atoms. The number of carboxylic acid groups (broad SMARTS) is 1. The molecule has 0 amide bonds. The number of aliphatic carboxylic acids is 1. The van der Waals surface area contributed by atoms with E-state index in [-0.39, 0.29) is 6.04 Å². The Hall–Kier alpha value is -0.260. The molecule has 0 spiro atoms. The van der Waals surface area contributed by atoms with Gasteiger partial charge in [-0.1, -0.05) is 0 Å². The summed E-state index contributed by atoms with van der Waals surface area (Å²) in [6.45, 7) is 2.47. The first-order valence-corrected chi connectivity index (χ1v) is 6.21. The van der Waals surface area contributed by atoms with Crippen LogP contribution in [0.2, 0.25) is 0 Å². The average Bonchev–Trinajstić information content (AvgIpc) is 2.71. The Morgan fingerprint density at radius 2 is 2.43 bits per heavy atom. The largest absolute Gasteiger partial charge is 0.480 e. The average molecular weight is 216 g/mol. The molecule has 0 aromatic rings. The molecule has 0 radical (unpaired) electrons.